The summed E-state index contributed by atoms with van der Waals surface area (Å²) in [5.41, 5.74) is 0.968. The van der Waals surface area contributed by atoms with Gasteiger partial charge in [-0.3, -0.25) is 10.1 Å². The van der Waals surface area contributed by atoms with Crippen LogP contribution in [-0.2, 0) is 16.8 Å². The second-order valence-corrected chi connectivity index (χ2v) is 6.83. The number of carboxylic acid groups (broad SMARTS) is 1. The van der Waals surface area contributed by atoms with Crippen molar-refractivity contribution in [3.05, 3.63) is 16.1 Å². The third kappa shape index (κ3) is 4.58. The Morgan fingerprint density at radius 1 is 1.53 bits per heavy atom. The minimum absolute atomic E-state index is 0.0474. The predicted octanol–water partition coefficient (Wildman–Crippen LogP) is 3.03. The van der Waals surface area contributed by atoms with E-state index in [1.807, 2.05) is 19.2 Å². The molecule has 0 aliphatic carbocycles. The van der Waals surface area contributed by atoms with Crippen LogP contribution in [0.4, 0.5) is 0 Å². The number of rotatable bonds is 6. The molecular formula is C14H24N2O2S. The average molecular weight is 284 g/mol. The minimum Gasteiger partial charge on any atom is -0.480 e. The lowest BCUT2D eigenvalue weighted by Crippen LogP contribution is -2.41. The van der Waals surface area contributed by atoms with Crippen molar-refractivity contribution < 1.29 is 9.90 Å². The molecule has 0 saturated heterocycles. The maximum Gasteiger partial charge on any atom is 0.320 e. The molecule has 0 radical (unpaired) electrons. The Labute approximate surface area is 119 Å². The molecule has 1 aromatic heterocycles. The molecule has 2 N–H and O–H groups in total. The summed E-state index contributed by atoms with van der Waals surface area (Å²) in [6.45, 7) is 10.8. The maximum absolute atomic E-state index is 11.2. The SMILES string of the molecule is CC[C@H](C)[C@H](NCc1csc(C(C)(C)C)n1)C(=O)O. The fraction of sp³-hybridized carbons (Fsp3) is 0.714. The van der Waals surface area contributed by atoms with Gasteiger partial charge < -0.3 is 5.11 Å². The quantitative estimate of drug-likeness (QED) is 0.843. The lowest BCUT2D eigenvalue weighted by molar-refractivity contribution is -0.140. The van der Waals surface area contributed by atoms with Gasteiger partial charge in [-0.05, 0) is 5.92 Å². The lowest BCUT2D eigenvalue weighted by atomic mass is 9.98. The average Bonchev–Trinajstić information content (AvgIpc) is 2.76. The van der Waals surface area contributed by atoms with Crippen molar-refractivity contribution in [1.29, 1.82) is 0 Å². The molecule has 0 aliphatic heterocycles. The Balaban J connectivity index is 2.65. The highest BCUT2D eigenvalue weighted by atomic mass is 32.1. The third-order valence-corrected chi connectivity index (χ3v) is 4.49. The summed E-state index contributed by atoms with van der Waals surface area (Å²) < 4.78 is 0. The first-order valence-corrected chi connectivity index (χ1v) is 7.54. The number of nitrogens with zero attached hydrogens (tertiary/aromatic N) is 1. The molecule has 2 atom stereocenters. The minimum atomic E-state index is -0.791. The second-order valence-electron chi connectivity index (χ2n) is 5.98. The molecule has 0 aromatic carbocycles. The van der Waals surface area contributed by atoms with Crippen LogP contribution in [0.3, 0.4) is 0 Å². The summed E-state index contributed by atoms with van der Waals surface area (Å²) in [7, 11) is 0. The number of aliphatic carboxylic acids is 1. The molecule has 0 saturated carbocycles. The highest BCUT2D eigenvalue weighted by Gasteiger charge is 2.23. The summed E-state index contributed by atoms with van der Waals surface area (Å²) >= 11 is 1.63. The van der Waals surface area contributed by atoms with E-state index >= 15 is 0 Å². The van der Waals surface area contributed by atoms with Crippen LogP contribution in [0.1, 0.15) is 51.7 Å². The number of aromatic nitrogens is 1. The molecule has 19 heavy (non-hydrogen) atoms. The maximum atomic E-state index is 11.2. The van der Waals surface area contributed by atoms with E-state index in [9.17, 15) is 9.90 Å². The first kappa shape index (κ1) is 16.1. The molecule has 0 amide bonds. The zero-order chi connectivity index (χ0) is 14.6. The zero-order valence-electron chi connectivity index (χ0n) is 12.4. The summed E-state index contributed by atoms with van der Waals surface area (Å²) in [4.78, 5) is 15.8. The van der Waals surface area contributed by atoms with Crippen molar-refractivity contribution in [2.45, 2.75) is 59.0 Å². The number of nitrogens with one attached hydrogen (secondary N) is 1. The first-order valence-electron chi connectivity index (χ1n) is 6.66. The van der Waals surface area contributed by atoms with Gasteiger partial charge in [0.25, 0.3) is 0 Å². The zero-order valence-corrected chi connectivity index (χ0v) is 13.2. The van der Waals surface area contributed by atoms with Crippen molar-refractivity contribution >= 4 is 17.3 Å². The number of hydrogen-bond donors (Lipinski definition) is 2. The van der Waals surface area contributed by atoms with Gasteiger partial charge in [-0.25, -0.2) is 4.98 Å². The Bertz CT molecular complexity index is 423. The molecule has 0 unspecified atom stereocenters. The summed E-state index contributed by atoms with van der Waals surface area (Å²) in [5, 5.41) is 15.4. The van der Waals surface area contributed by atoms with E-state index in [4.69, 9.17) is 0 Å². The Kier molecular flexibility index (Phi) is 5.50. The molecule has 108 valence electrons. The number of hydrogen-bond acceptors (Lipinski definition) is 4. The van der Waals surface area contributed by atoms with Crippen LogP contribution in [0.5, 0.6) is 0 Å². The summed E-state index contributed by atoms with van der Waals surface area (Å²) in [5.74, 6) is -0.682. The van der Waals surface area contributed by atoms with Crippen LogP contribution in [0.25, 0.3) is 0 Å². The van der Waals surface area contributed by atoms with Gasteiger partial charge in [-0.15, -0.1) is 11.3 Å². The van der Waals surface area contributed by atoms with Crippen molar-refractivity contribution in [2.24, 2.45) is 5.92 Å². The van der Waals surface area contributed by atoms with Gasteiger partial charge in [0.15, 0.2) is 0 Å². The molecule has 0 aliphatic rings. The molecule has 1 rings (SSSR count). The first-order chi connectivity index (χ1) is 8.75. The fourth-order valence-electron chi connectivity index (χ4n) is 1.71. The predicted molar refractivity (Wildman–Crippen MR) is 78.5 cm³/mol. The Morgan fingerprint density at radius 3 is 2.58 bits per heavy atom. The van der Waals surface area contributed by atoms with E-state index in [1.54, 1.807) is 11.3 Å². The highest BCUT2D eigenvalue weighted by Crippen LogP contribution is 2.25. The van der Waals surface area contributed by atoms with Crippen LogP contribution in [0.15, 0.2) is 5.38 Å². The van der Waals surface area contributed by atoms with Gasteiger partial charge in [0.2, 0.25) is 0 Å². The number of carboxylic acids is 1. The molecule has 5 heteroatoms. The van der Waals surface area contributed by atoms with Crippen molar-refractivity contribution in [3.63, 3.8) is 0 Å². The molecule has 0 spiro atoms. The van der Waals surface area contributed by atoms with Crippen molar-refractivity contribution in [1.82, 2.24) is 10.3 Å². The van der Waals surface area contributed by atoms with Crippen molar-refractivity contribution in [2.75, 3.05) is 0 Å². The topological polar surface area (TPSA) is 62.2 Å². The van der Waals surface area contributed by atoms with Crippen LogP contribution < -0.4 is 5.32 Å². The van der Waals surface area contributed by atoms with Crippen molar-refractivity contribution in [3.8, 4) is 0 Å². The number of carbonyl (C=O) groups is 1. The van der Waals surface area contributed by atoms with Crippen LogP contribution in [0.2, 0.25) is 0 Å². The van der Waals surface area contributed by atoms with Crippen LogP contribution in [0, 0.1) is 5.92 Å². The number of thiazole rings is 1. The van der Waals surface area contributed by atoms with E-state index in [1.165, 1.54) is 0 Å². The van der Waals surface area contributed by atoms with Crippen LogP contribution >= 0.6 is 11.3 Å². The molecule has 1 aromatic rings. The lowest BCUT2D eigenvalue weighted by Gasteiger charge is -2.19. The highest BCUT2D eigenvalue weighted by molar-refractivity contribution is 7.09. The largest absolute Gasteiger partial charge is 0.480 e. The van der Waals surface area contributed by atoms with Gasteiger partial charge in [-0.1, -0.05) is 41.0 Å². The monoisotopic (exact) mass is 284 g/mol. The van der Waals surface area contributed by atoms with E-state index in [-0.39, 0.29) is 11.3 Å². The molecule has 0 bridgehead atoms. The smallest absolute Gasteiger partial charge is 0.320 e. The Hall–Kier alpha value is -0.940. The standard InChI is InChI=1S/C14H24N2O2S/c1-6-9(2)11(12(17)18)15-7-10-8-19-13(16-10)14(3,4)5/h8-9,11,15H,6-7H2,1-5H3,(H,17,18)/t9-,11-/m0/s1. The molecule has 1 heterocycles. The van der Waals surface area contributed by atoms with Gasteiger partial charge >= 0.3 is 5.97 Å². The molecular weight excluding hydrogens is 260 g/mol. The normalized spacial score (nSPS) is 15.2. The second kappa shape index (κ2) is 6.48. The van der Waals surface area contributed by atoms with E-state index < -0.39 is 12.0 Å². The van der Waals surface area contributed by atoms with E-state index in [2.05, 4.69) is 31.1 Å². The van der Waals surface area contributed by atoms with Gasteiger partial charge in [-0.2, -0.15) is 0 Å². The Morgan fingerprint density at radius 2 is 2.16 bits per heavy atom. The summed E-state index contributed by atoms with van der Waals surface area (Å²) in [6.07, 6.45) is 0.842. The van der Waals surface area contributed by atoms with E-state index in [0.717, 1.165) is 17.1 Å². The van der Waals surface area contributed by atoms with Gasteiger partial charge in [0.1, 0.15) is 6.04 Å². The third-order valence-electron chi connectivity index (χ3n) is 3.18. The van der Waals surface area contributed by atoms with Crippen LogP contribution in [-0.4, -0.2) is 22.1 Å². The van der Waals surface area contributed by atoms with E-state index in [0.29, 0.717) is 6.54 Å². The fourth-order valence-corrected chi connectivity index (χ4v) is 2.62. The van der Waals surface area contributed by atoms with Gasteiger partial charge in [0.05, 0.1) is 10.7 Å². The molecule has 0 fully saturated rings. The molecule has 4 nitrogen and oxygen atoms in total. The summed E-state index contributed by atoms with van der Waals surface area (Å²) in [6, 6.07) is -0.509. The van der Waals surface area contributed by atoms with Gasteiger partial charge in [0, 0.05) is 17.3 Å².